The predicted octanol–water partition coefficient (Wildman–Crippen LogP) is 3.37. The van der Waals surface area contributed by atoms with Crippen LogP contribution in [0.25, 0.3) is 0 Å². The standard InChI is InChI=1S/C23H30N2O3SeSi/c1-22(2,3)30(4,5)25-20(17-12-8-6-9-13-17)23(29,21(25)27)24-19(26)16-28-18-14-10-7-11-15-18/h6-15,20,29H,16H2,1-5H3,(H,24,26)/t20?,23-/m0/s1. The molecule has 0 bridgehead atoms. The van der Waals surface area contributed by atoms with Crippen molar-refractivity contribution in [2.45, 2.75) is 49.4 Å². The van der Waals surface area contributed by atoms with Gasteiger partial charge in [0, 0.05) is 0 Å². The number of nitrogens with zero attached hydrogens (tertiary/aromatic N) is 1. The van der Waals surface area contributed by atoms with Crippen LogP contribution in [-0.4, -0.2) is 51.7 Å². The average molecular weight is 490 g/mol. The molecular formula is C23H30N2O3SeSi. The Hall–Kier alpha value is -2.08. The van der Waals surface area contributed by atoms with E-state index in [4.69, 9.17) is 4.74 Å². The molecule has 0 saturated carbocycles. The first-order chi connectivity index (χ1) is 14.0. The zero-order valence-corrected chi connectivity index (χ0v) is 21.1. The number of β-lactam (4-membered cyclic amide) rings is 1. The van der Waals surface area contributed by atoms with Crippen LogP contribution in [0.15, 0.2) is 60.7 Å². The third-order valence-corrected chi connectivity index (χ3v) is 12.7. The Bertz CT molecular complexity index is 915. The molecule has 1 N–H and O–H groups in total. The van der Waals surface area contributed by atoms with E-state index < -0.39 is 12.7 Å². The van der Waals surface area contributed by atoms with Crippen molar-refractivity contribution in [2.75, 3.05) is 6.61 Å². The fourth-order valence-electron chi connectivity index (χ4n) is 3.54. The van der Waals surface area contributed by atoms with Crippen LogP contribution < -0.4 is 10.1 Å². The summed E-state index contributed by atoms with van der Waals surface area (Å²) in [7, 11) is -2.15. The molecule has 0 aromatic heterocycles. The SMILES string of the molecule is CC(C)(C)[Si](C)(C)N1C(=O)[C@]([SeH])(NC(=O)COc2ccccc2)C1c1ccccc1. The summed E-state index contributed by atoms with van der Waals surface area (Å²) in [5, 5.41) is 2.94. The first-order valence-electron chi connectivity index (χ1n) is 10.1. The number of nitrogens with one attached hydrogen (secondary N) is 1. The van der Waals surface area contributed by atoms with Gasteiger partial charge in [0.05, 0.1) is 0 Å². The summed E-state index contributed by atoms with van der Waals surface area (Å²) < 4.78 is 6.56. The van der Waals surface area contributed by atoms with Crippen molar-refractivity contribution in [2.24, 2.45) is 0 Å². The number of para-hydroxylation sites is 1. The van der Waals surface area contributed by atoms with Crippen molar-refractivity contribution < 1.29 is 14.3 Å². The second-order valence-corrected chi connectivity index (χ2v) is 15.8. The monoisotopic (exact) mass is 490 g/mol. The normalized spacial score (nSPS) is 21.7. The van der Waals surface area contributed by atoms with Crippen molar-refractivity contribution in [3.05, 3.63) is 66.2 Å². The molecule has 0 aliphatic carbocycles. The first kappa shape index (κ1) is 22.6. The molecule has 160 valence electrons. The molecule has 1 heterocycles. The Labute approximate surface area is 188 Å². The van der Waals surface area contributed by atoms with E-state index in [9.17, 15) is 9.59 Å². The number of hydrogen-bond donors (Lipinski definition) is 1. The number of ether oxygens (including phenoxy) is 1. The summed E-state index contributed by atoms with van der Waals surface area (Å²) in [5.41, 5.74) is 1.02. The van der Waals surface area contributed by atoms with Crippen molar-refractivity contribution >= 4 is 36.1 Å². The molecule has 7 heteroatoms. The van der Waals surface area contributed by atoms with E-state index >= 15 is 0 Å². The van der Waals surface area contributed by atoms with E-state index in [0.29, 0.717) is 5.75 Å². The topological polar surface area (TPSA) is 58.6 Å². The van der Waals surface area contributed by atoms with Gasteiger partial charge in [-0.2, -0.15) is 0 Å². The Morgan fingerprint density at radius 1 is 1.10 bits per heavy atom. The van der Waals surface area contributed by atoms with Gasteiger partial charge >= 0.3 is 188 Å². The van der Waals surface area contributed by atoms with Crippen LogP contribution in [0.4, 0.5) is 0 Å². The van der Waals surface area contributed by atoms with Gasteiger partial charge in [-0.1, -0.05) is 0 Å². The van der Waals surface area contributed by atoms with Crippen LogP contribution in [0.5, 0.6) is 5.75 Å². The van der Waals surface area contributed by atoms with Crippen LogP contribution >= 0.6 is 0 Å². The summed E-state index contributed by atoms with van der Waals surface area (Å²) in [6, 6.07) is 18.9. The molecule has 2 atom stereocenters. The fourth-order valence-corrected chi connectivity index (χ4v) is 7.42. The Morgan fingerprint density at radius 2 is 1.63 bits per heavy atom. The molecule has 0 spiro atoms. The van der Waals surface area contributed by atoms with E-state index in [1.807, 2.05) is 53.1 Å². The second-order valence-electron chi connectivity index (χ2n) is 9.21. The quantitative estimate of drug-likeness (QED) is 0.500. The van der Waals surface area contributed by atoms with Crippen molar-refractivity contribution in [1.29, 1.82) is 0 Å². The van der Waals surface area contributed by atoms with Gasteiger partial charge in [0.1, 0.15) is 0 Å². The first-order valence-corrected chi connectivity index (χ1v) is 14.0. The summed E-state index contributed by atoms with van der Waals surface area (Å²) in [6.45, 7) is 10.8. The minimum absolute atomic E-state index is 0.00947. The number of rotatable bonds is 6. The molecule has 1 aliphatic rings. The molecule has 3 rings (SSSR count). The fraction of sp³-hybridized carbons (Fsp3) is 0.391. The minimum atomic E-state index is -2.15. The zero-order valence-electron chi connectivity index (χ0n) is 18.2. The van der Waals surface area contributed by atoms with Gasteiger partial charge in [-0.3, -0.25) is 0 Å². The molecule has 0 radical (unpaired) electrons. The van der Waals surface area contributed by atoms with Crippen LogP contribution in [-0.2, 0) is 9.59 Å². The summed E-state index contributed by atoms with van der Waals surface area (Å²) in [4.78, 5) is 26.2. The molecule has 5 nitrogen and oxygen atoms in total. The van der Waals surface area contributed by atoms with Crippen LogP contribution in [0.3, 0.4) is 0 Å². The maximum atomic E-state index is 13.5. The number of carbonyl (C=O) groups is 2. The van der Waals surface area contributed by atoms with Crippen LogP contribution in [0.2, 0.25) is 18.1 Å². The molecule has 1 saturated heterocycles. The van der Waals surface area contributed by atoms with Crippen molar-refractivity contribution in [1.82, 2.24) is 9.88 Å². The number of benzene rings is 2. The molecule has 1 aliphatic heterocycles. The molecule has 1 fully saturated rings. The summed E-state index contributed by atoms with van der Waals surface area (Å²) in [6.07, 6.45) is 0. The van der Waals surface area contributed by atoms with E-state index in [1.54, 1.807) is 12.1 Å². The zero-order chi connectivity index (χ0) is 22.2. The maximum absolute atomic E-state index is 13.5. The third kappa shape index (κ3) is 4.06. The summed E-state index contributed by atoms with van der Waals surface area (Å²) >= 11 is 2.42. The molecule has 2 aromatic carbocycles. The average Bonchev–Trinajstić information content (AvgIpc) is 2.70. The van der Waals surface area contributed by atoms with E-state index in [1.165, 1.54) is 0 Å². The molecule has 30 heavy (non-hydrogen) atoms. The van der Waals surface area contributed by atoms with Gasteiger partial charge in [0.15, 0.2) is 0 Å². The van der Waals surface area contributed by atoms with Gasteiger partial charge in [0.25, 0.3) is 0 Å². The third-order valence-electron chi connectivity index (χ3n) is 6.19. The molecule has 2 aromatic rings. The van der Waals surface area contributed by atoms with Crippen molar-refractivity contribution in [3.63, 3.8) is 0 Å². The molecule has 2 amide bonds. The van der Waals surface area contributed by atoms with Crippen LogP contribution in [0, 0.1) is 0 Å². The Kier molecular flexibility index (Phi) is 6.19. The van der Waals surface area contributed by atoms with Gasteiger partial charge < -0.3 is 0 Å². The van der Waals surface area contributed by atoms with Gasteiger partial charge in [0.2, 0.25) is 0 Å². The van der Waals surface area contributed by atoms with Gasteiger partial charge in [-0.05, 0) is 0 Å². The van der Waals surface area contributed by atoms with E-state index in [2.05, 4.69) is 55.2 Å². The van der Waals surface area contributed by atoms with Crippen molar-refractivity contribution in [3.8, 4) is 5.75 Å². The van der Waals surface area contributed by atoms with Crippen LogP contribution in [0.1, 0.15) is 32.4 Å². The molecule has 1 unspecified atom stereocenters. The van der Waals surface area contributed by atoms with Gasteiger partial charge in [-0.15, -0.1) is 0 Å². The number of amides is 2. The Morgan fingerprint density at radius 3 is 2.17 bits per heavy atom. The number of carbonyl (C=O) groups excluding carboxylic acids is 2. The Balaban J connectivity index is 1.85. The van der Waals surface area contributed by atoms with Gasteiger partial charge in [-0.25, -0.2) is 0 Å². The predicted molar refractivity (Wildman–Crippen MR) is 123 cm³/mol. The molecular weight excluding hydrogens is 459 g/mol. The second kappa shape index (κ2) is 8.21. The van der Waals surface area contributed by atoms with E-state index in [-0.39, 0.29) is 29.5 Å². The number of hydrogen-bond acceptors (Lipinski definition) is 3. The van der Waals surface area contributed by atoms with E-state index in [0.717, 1.165) is 5.56 Å². The summed E-state index contributed by atoms with van der Waals surface area (Å²) in [5.74, 6) is 0.259.